The van der Waals surface area contributed by atoms with Gasteiger partial charge in [-0.3, -0.25) is 0 Å². The van der Waals surface area contributed by atoms with Gasteiger partial charge in [-0.05, 0) is 0 Å². The summed E-state index contributed by atoms with van der Waals surface area (Å²) < 4.78 is 9.90. The Kier molecular flexibility index (Phi) is 3.66. The Hall–Kier alpha value is 0.270. The van der Waals surface area contributed by atoms with Crippen LogP contribution >= 0.6 is 7.94 Å². The third-order valence-electron chi connectivity index (χ3n) is 2.82. The van der Waals surface area contributed by atoms with Crippen LogP contribution in [0.3, 0.4) is 0 Å². The molecule has 80 valence electrons. The fraction of sp³-hybridized carbons (Fsp3) is 1.00. The third-order valence-corrected chi connectivity index (χ3v) is 5.61. The summed E-state index contributed by atoms with van der Waals surface area (Å²) in [4.78, 5) is 9.96. The molecule has 0 aromatic rings. The van der Waals surface area contributed by atoms with E-state index in [1.807, 2.05) is 0 Å². The Balaban J connectivity index is 2.74. The average Bonchev–Trinajstić information content (AvgIpc) is 2.17. The molecular weight excluding hydrogens is 191 g/mol. The van der Waals surface area contributed by atoms with Crippen LogP contribution in [0.2, 0.25) is 0 Å². The second-order valence-corrected chi connectivity index (χ2v) is 6.49. The van der Waals surface area contributed by atoms with Crippen molar-refractivity contribution in [1.29, 1.82) is 0 Å². The SMILES string of the molecule is CO[PH](O)(OC)C1(O)CCCCC1. The summed E-state index contributed by atoms with van der Waals surface area (Å²) in [5.74, 6) is 0. The Morgan fingerprint density at radius 2 is 1.54 bits per heavy atom. The van der Waals surface area contributed by atoms with Gasteiger partial charge in [0, 0.05) is 0 Å². The van der Waals surface area contributed by atoms with Crippen molar-refractivity contribution in [2.45, 2.75) is 37.4 Å². The molecule has 1 aliphatic carbocycles. The van der Waals surface area contributed by atoms with Crippen molar-refractivity contribution in [1.82, 2.24) is 0 Å². The van der Waals surface area contributed by atoms with Crippen LogP contribution in [0.5, 0.6) is 0 Å². The molecule has 0 aliphatic heterocycles. The summed E-state index contributed by atoms with van der Waals surface area (Å²) in [5.41, 5.74) is 0. The molecule has 0 saturated heterocycles. The zero-order valence-corrected chi connectivity index (χ0v) is 9.25. The molecule has 0 aromatic carbocycles. The third kappa shape index (κ3) is 2.03. The van der Waals surface area contributed by atoms with Gasteiger partial charge in [0.15, 0.2) is 0 Å². The molecule has 0 heterocycles. The van der Waals surface area contributed by atoms with Gasteiger partial charge in [-0.1, -0.05) is 0 Å². The van der Waals surface area contributed by atoms with Crippen LogP contribution < -0.4 is 0 Å². The maximum absolute atomic E-state index is 10.2. The topological polar surface area (TPSA) is 58.9 Å². The van der Waals surface area contributed by atoms with Crippen LogP contribution in [0.4, 0.5) is 0 Å². The molecule has 0 atom stereocenters. The number of hydrogen-bond acceptors (Lipinski definition) is 4. The number of rotatable bonds is 3. The molecule has 1 saturated carbocycles. The molecule has 13 heavy (non-hydrogen) atoms. The fourth-order valence-electron chi connectivity index (χ4n) is 1.92. The second-order valence-electron chi connectivity index (χ2n) is 3.58. The van der Waals surface area contributed by atoms with Gasteiger partial charge in [0.2, 0.25) is 0 Å². The number of hydrogen-bond donors (Lipinski definition) is 2. The van der Waals surface area contributed by atoms with E-state index in [2.05, 4.69) is 0 Å². The zero-order chi connectivity index (χ0) is 9.95. The first-order valence-electron chi connectivity index (χ1n) is 4.63. The molecular formula is C8H19O4P. The van der Waals surface area contributed by atoms with E-state index in [1.54, 1.807) is 0 Å². The van der Waals surface area contributed by atoms with Gasteiger partial charge >= 0.3 is 78.7 Å². The predicted molar refractivity (Wildman–Crippen MR) is 52.6 cm³/mol. The van der Waals surface area contributed by atoms with E-state index in [1.165, 1.54) is 14.2 Å². The standard InChI is InChI=1S/C8H19O4P/c1-11-13(10,12-2)8(9)6-4-3-5-7-8/h9-10,13H,3-7H2,1-2H3. The Bertz CT molecular complexity index is 164. The molecule has 0 spiro atoms. The van der Waals surface area contributed by atoms with Gasteiger partial charge in [0.05, 0.1) is 0 Å². The molecule has 1 fully saturated rings. The molecule has 1 rings (SSSR count). The molecule has 0 radical (unpaired) electrons. The molecule has 0 aromatic heterocycles. The molecule has 1 aliphatic rings. The zero-order valence-electron chi connectivity index (χ0n) is 8.25. The van der Waals surface area contributed by atoms with Gasteiger partial charge in [-0.25, -0.2) is 0 Å². The first-order chi connectivity index (χ1) is 6.08. The minimum absolute atomic E-state index is 0.581. The molecule has 0 amide bonds. The van der Waals surface area contributed by atoms with Gasteiger partial charge in [0.25, 0.3) is 0 Å². The van der Waals surface area contributed by atoms with Crippen molar-refractivity contribution in [3.63, 3.8) is 0 Å². The van der Waals surface area contributed by atoms with Crippen molar-refractivity contribution >= 4 is 7.94 Å². The van der Waals surface area contributed by atoms with E-state index in [-0.39, 0.29) is 0 Å². The first kappa shape index (κ1) is 11.3. The van der Waals surface area contributed by atoms with Crippen molar-refractivity contribution in [2.24, 2.45) is 0 Å². The van der Waals surface area contributed by atoms with Gasteiger partial charge < -0.3 is 0 Å². The fourth-order valence-corrected chi connectivity index (χ4v) is 3.83. The molecule has 4 nitrogen and oxygen atoms in total. The maximum atomic E-state index is 10.2. The van der Waals surface area contributed by atoms with Crippen LogP contribution in [-0.2, 0) is 9.05 Å². The van der Waals surface area contributed by atoms with Crippen molar-refractivity contribution in [3.05, 3.63) is 0 Å². The van der Waals surface area contributed by atoms with Crippen LogP contribution in [-0.4, -0.2) is 29.6 Å². The van der Waals surface area contributed by atoms with Crippen LogP contribution in [0.1, 0.15) is 32.1 Å². The average molecular weight is 210 g/mol. The van der Waals surface area contributed by atoms with Crippen LogP contribution in [0, 0.1) is 0 Å². The van der Waals surface area contributed by atoms with Gasteiger partial charge in [-0.2, -0.15) is 0 Å². The van der Waals surface area contributed by atoms with Crippen molar-refractivity contribution in [2.75, 3.05) is 14.2 Å². The summed E-state index contributed by atoms with van der Waals surface area (Å²) >= 11 is 0. The summed E-state index contributed by atoms with van der Waals surface area (Å²) in [6.45, 7) is 0. The van der Waals surface area contributed by atoms with E-state index >= 15 is 0 Å². The Labute approximate surface area is 79.4 Å². The van der Waals surface area contributed by atoms with Gasteiger partial charge in [-0.15, -0.1) is 0 Å². The van der Waals surface area contributed by atoms with E-state index in [9.17, 15) is 10.00 Å². The second kappa shape index (κ2) is 4.20. The first-order valence-corrected chi connectivity index (χ1v) is 6.39. The van der Waals surface area contributed by atoms with Crippen molar-refractivity contribution < 1.29 is 19.0 Å². The summed E-state index contributed by atoms with van der Waals surface area (Å²) in [5, 5.41) is 9.04. The molecule has 5 heteroatoms. The van der Waals surface area contributed by atoms with E-state index in [4.69, 9.17) is 9.05 Å². The van der Waals surface area contributed by atoms with Crippen molar-refractivity contribution in [3.8, 4) is 0 Å². The van der Waals surface area contributed by atoms with Gasteiger partial charge in [0.1, 0.15) is 0 Å². The summed E-state index contributed by atoms with van der Waals surface area (Å²) in [6.07, 6.45) is 4.13. The summed E-state index contributed by atoms with van der Waals surface area (Å²) in [7, 11) is -0.583. The van der Waals surface area contributed by atoms with Crippen LogP contribution in [0.25, 0.3) is 0 Å². The molecule has 0 unspecified atom stereocenters. The van der Waals surface area contributed by atoms with E-state index in [0.717, 1.165) is 19.3 Å². The Morgan fingerprint density at radius 1 is 1.08 bits per heavy atom. The van der Waals surface area contributed by atoms with Crippen LogP contribution in [0.15, 0.2) is 0 Å². The monoisotopic (exact) mass is 210 g/mol. The van der Waals surface area contributed by atoms with E-state index in [0.29, 0.717) is 12.8 Å². The molecule has 2 N–H and O–H groups in total. The quantitative estimate of drug-likeness (QED) is 0.691. The normalized spacial score (nSPS) is 24.3. The summed E-state index contributed by atoms with van der Waals surface area (Å²) in [6, 6.07) is 0. The Morgan fingerprint density at radius 3 is 1.92 bits per heavy atom. The molecule has 0 bridgehead atoms. The van der Waals surface area contributed by atoms with E-state index < -0.39 is 13.3 Å². The minimum atomic E-state index is -3.37. The predicted octanol–water partition coefficient (Wildman–Crippen LogP) is 1.42. The number of aliphatic hydroxyl groups is 1.